The van der Waals surface area contributed by atoms with Crippen LogP contribution in [0.4, 0.5) is 8.78 Å². The highest BCUT2D eigenvalue weighted by atomic mass is 19.3. The van der Waals surface area contributed by atoms with Gasteiger partial charge in [0.2, 0.25) is 0 Å². The van der Waals surface area contributed by atoms with Crippen molar-refractivity contribution >= 4 is 5.91 Å². The average Bonchev–Trinajstić information content (AvgIpc) is 3.20. The number of hydrogen-bond donors (Lipinski definition) is 0. The summed E-state index contributed by atoms with van der Waals surface area (Å²) in [4.78, 5) is 13.9. The van der Waals surface area contributed by atoms with Crippen LogP contribution in [0, 0.1) is 5.41 Å². The zero-order valence-corrected chi connectivity index (χ0v) is 14.5. The quantitative estimate of drug-likeness (QED) is 0.813. The molecule has 1 aliphatic heterocycles. The van der Waals surface area contributed by atoms with E-state index in [1.807, 2.05) is 54.6 Å². The van der Waals surface area contributed by atoms with E-state index in [1.54, 1.807) is 4.90 Å². The van der Waals surface area contributed by atoms with Gasteiger partial charge in [0.05, 0.1) is 0 Å². The molecule has 2 fully saturated rings. The number of alkyl halides is 2. The number of nitrogens with zero attached hydrogens (tertiary/aromatic N) is 1. The number of likely N-dealkylation sites (tertiary alicyclic amines) is 1. The van der Waals surface area contributed by atoms with Crippen LogP contribution < -0.4 is 4.74 Å². The molecule has 4 rings (SSSR count). The summed E-state index contributed by atoms with van der Waals surface area (Å²) in [5, 5.41) is 0. The number of ether oxygens (including phenoxy) is 1. The molecule has 1 heterocycles. The fourth-order valence-corrected chi connectivity index (χ4v) is 3.72. The summed E-state index contributed by atoms with van der Waals surface area (Å²) in [6.07, 6.45) is 0.751. The van der Waals surface area contributed by atoms with Crippen molar-refractivity contribution in [3.8, 4) is 16.9 Å². The monoisotopic (exact) mass is 357 g/mol. The van der Waals surface area contributed by atoms with Crippen LogP contribution in [0.15, 0.2) is 54.6 Å². The van der Waals surface area contributed by atoms with Crippen LogP contribution in [-0.2, 0) is 4.79 Å². The Bertz CT molecular complexity index is 781. The third-order valence-corrected chi connectivity index (χ3v) is 5.61. The van der Waals surface area contributed by atoms with Crippen molar-refractivity contribution in [2.24, 2.45) is 5.41 Å². The summed E-state index contributed by atoms with van der Waals surface area (Å²) in [6, 6.07) is 17.6. The number of amides is 1. The van der Waals surface area contributed by atoms with E-state index in [4.69, 9.17) is 4.74 Å². The number of carbonyl (C=O) groups is 1. The Morgan fingerprint density at radius 3 is 2.12 bits per heavy atom. The zero-order valence-electron chi connectivity index (χ0n) is 14.5. The molecule has 1 spiro atoms. The van der Waals surface area contributed by atoms with E-state index in [0.29, 0.717) is 31.7 Å². The largest absolute Gasteiger partial charge is 0.484 e. The number of benzene rings is 2. The van der Waals surface area contributed by atoms with Gasteiger partial charge in [-0.1, -0.05) is 42.5 Å². The number of halogens is 2. The maximum atomic E-state index is 13.4. The number of piperidine rings is 1. The van der Waals surface area contributed by atoms with Crippen molar-refractivity contribution in [3.63, 3.8) is 0 Å². The first-order chi connectivity index (χ1) is 12.5. The first-order valence-corrected chi connectivity index (χ1v) is 8.93. The minimum absolute atomic E-state index is 0.0215. The molecule has 0 N–H and O–H groups in total. The molecular weight excluding hydrogens is 336 g/mol. The molecule has 136 valence electrons. The molecule has 1 aliphatic carbocycles. The molecule has 2 aromatic carbocycles. The highest BCUT2D eigenvalue weighted by Gasteiger charge is 2.70. The molecule has 2 aliphatic rings. The summed E-state index contributed by atoms with van der Waals surface area (Å²) in [5.74, 6) is -2.05. The molecular formula is C21H21F2NO2. The Kier molecular flexibility index (Phi) is 4.17. The molecule has 0 aromatic heterocycles. The highest BCUT2D eigenvalue weighted by molar-refractivity contribution is 5.78. The maximum absolute atomic E-state index is 13.4. The van der Waals surface area contributed by atoms with Gasteiger partial charge in [-0.25, -0.2) is 8.78 Å². The van der Waals surface area contributed by atoms with Gasteiger partial charge in [0.15, 0.2) is 6.61 Å². The van der Waals surface area contributed by atoms with E-state index >= 15 is 0 Å². The van der Waals surface area contributed by atoms with Crippen LogP contribution in [-0.4, -0.2) is 36.4 Å². The molecule has 1 saturated heterocycles. The van der Waals surface area contributed by atoms with E-state index in [-0.39, 0.29) is 18.9 Å². The fraction of sp³-hybridized carbons (Fsp3) is 0.381. The Morgan fingerprint density at radius 2 is 1.54 bits per heavy atom. The smallest absolute Gasteiger partial charge is 0.260 e. The minimum atomic E-state index is -2.53. The normalized spacial score (nSPS) is 20.0. The molecule has 2 aromatic rings. The minimum Gasteiger partial charge on any atom is -0.484 e. The Balaban J connectivity index is 1.28. The third-order valence-electron chi connectivity index (χ3n) is 5.61. The lowest BCUT2D eigenvalue weighted by Crippen LogP contribution is -2.42. The summed E-state index contributed by atoms with van der Waals surface area (Å²) in [5.41, 5.74) is 1.36. The summed E-state index contributed by atoms with van der Waals surface area (Å²) in [7, 11) is 0. The van der Waals surface area contributed by atoms with Crippen molar-refractivity contribution in [2.75, 3.05) is 19.7 Å². The first kappa shape index (κ1) is 17.0. The molecule has 0 radical (unpaired) electrons. The van der Waals surface area contributed by atoms with Crippen LogP contribution in [0.5, 0.6) is 5.75 Å². The third kappa shape index (κ3) is 3.18. The second kappa shape index (κ2) is 6.38. The van der Waals surface area contributed by atoms with E-state index in [2.05, 4.69) is 0 Å². The molecule has 26 heavy (non-hydrogen) atoms. The standard InChI is InChI=1S/C21H21F2NO2/c22-21(23)15-20(21)10-12-24(13-11-20)19(25)14-26-18-8-6-17(7-9-18)16-4-2-1-3-5-16/h1-9H,10-15H2. The van der Waals surface area contributed by atoms with Crippen LogP contribution in [0.1, 0.15) is 19.3 Å². The predicted molar refractivity (Wildman–Crippen MR) is 95.2 cm³/mol. The van der Waals surface area contributed by atoms with Crippen LogP contribution in [0.2, 0.25) is 0 Å². The molecule has 0 atom stereocenters. The second-order valence-electron chi connectivity index (χ2n) is 7.22. The van der Waals surface area contributed by atoms with Gasteiger partial charge in [-0.15, -0.1) is 0 Å². The van der Waals surface area contributed by atoms with Gasteiger partial charge in [0, 0.05) is 24.9 Å². The van der Waals surface area contributed by atoms with E-state index < -0.39 is 11.3 Å². The van der Waals surface area contributed by atoms with Gasteiger partial charge >= 0.3 is 0 Å². The van der Waals surface area contributed by atoms with Gasteiger partial charge in [0.1, 0.15) is 5.75 Å². The van der Waals surface area contributed by atoms with Crippen LogP contribution in [0.3, 0.4) is 0 Å². The van der Waals surface area contributed by atoms with Gasteiger partial charge in [-0.3, -0.25) is 4.79 Å². The van der Waals surface area contributed by atoms with E-state index in [9.17, 15) is 13.6 Å². The van der Waals surface area contributed by atoms with Crippen molar-refractivity contribution < 1.29 is 18.3 Å². The Hall–Kier alpha value is -2.43. The van der Waals surface area contributed by atoms with Crippen molar-refractivity contribution in [1.82, 2.24) is 4.90 Å². The molecule has 0 unspecified atom stereocenters. The van der Waals surface area contributed by atoms with Crippen molar-refractivity contribution in [1.29, 1.82) is 0 Å². The number of carbonyl (C=O) groups excluding carboxylic acids is 1. The molecule has 3 nitrogen and oxygen atoms in total. The van der Waals surface area contributed by atoms with Crippen molar-refractivity contribution in [2.45, 2.75) is 25.2 Å². The topological polar surface area (TPSA) is 29.5 Å². The first-order valence-electron chi connectivity index (χ1n) is 8.93. The van der Waals surface area contributed by atoms with Crippen LogP contribution >= 0.6 is 0 Å². The van der Waals surface area contributed by atoms with Crippen LogP contribution in [0.25, 0.3) is 11.1 Å². The SMILES string of the molecule is O=C(COc1ccc(-c2ccccc2)cc1)N1CCC2(CC1)CC2(F)F. The van der Waals surface area contributed by atoms with E-state index in [0.717, 1.165) is 11.1 Å². The average molecular weight is 357 g/mol. The number of rotatable bonds is 4. The molecule has 0 bridgehead atoms. The predicted octanol–water partition coefficient (Wildman–Crippen LogP) is 4.38. The summed E-state index contributed by atoms with van der Waals surface area (Å²) >= 11 is 0. The Morgan fingerprint density at radius 1 is 0.962 bits per heavy atom. The zero-order chi connectivity index (χ0) is 18.2. The molecule has 1 saturated carbocycles. The fourth-order valence-electron chi connectivity index (χ4n) is 3.72. The lowest BCUT2D eigenvalue weighted by molar-refractivity contribution is -0.135. The lowest BCUT2D eigenvalue weighted by Gasteiger charge is -2.32. The van der Waals surface area contributed by atoms with Crippen molar-refractivity contribution in [3.05, 3.63) is 54.6 Å². The van der Waals surface area contributed by atoms with Gasteiger partial charge < -0.3 is 9.64 Å². The van der Waals surface area contributed by atoms with Gasteiger partial charge in [0.25, 0.3) is 11.8 Å². The van der Waals surface area contributed by atoms with E-state index in [1.165, 1.54) is 0 Å². The lowest BCUT2D eigenvalue weighted by atomic mass is 9.93. The maximum Gasteiger partial charge on any atom is 0.260 e. The summed E-state index contributed by atoms with van der Waals surface area (Å²) in [6.45, 7) is 0.726. The van der Waals surface area contributed by atoms with Gasteiger partial charge in [-0.05, 0) is 36.1 Å². The molecule has 5 heteroatoms. The van der Waals surface area contributed by atoms with Gasteiger partial charge in [-0.2, -0.15) is 0 Å². The highest BCUT2D eigenvalue weighted by Crippen LogP contribution is 2.65. The Labute approximate surface area is 151 Å². The second-order valence-corrected chi connectivity index (χ2v) is 7.22. The summed E-state index contributed by atoms with van der Waals surface area (Å²) < 4.78 is 32.4. The molecule has 1 amide bonds. The number of hydrogen-bond acceptors (Lipinski definition) is 2.